The summed E-state index contributed by atoms with van der Waals surface area (Å²) < 4.78 is 10.5. The SMILES string of the molecule is C#CC(C)NC(C)c1ccc(OC)c(OC)c1. The molecule has 0 aliphatic heterocycles. The van der Waals surface area contributed by atoms with E-state index >= 15 is 0 Å². The highest BCUT2D eigenvalue weighted by Crippen LogP contribution is 2.29. The molecule has 2 atom stereocenters. The molecule has 0 radical (unpaired) electrons. The average molecular weight is 233 g/mol. The molecule has 0 spiro atoms. The van der Waals surface area contributed by atoms with Crippen molar-refractivity contribution < 1.29 is 9.47 Å². The van der Waals surface area contributed by atoms with Crippen molar-refractivity contribution in [3.05, 3.63) is 23.8 Å². The molecule has 17 heavy (non-hydrogen) atoms. The summed E-state index contributed by atoms with van der Waals surface area (Å²) in [6.07, 6.45) is 5.34. The Bertz CT molecular complexity index is 409. The Labute approximate surface area is 103 Å². The van der Waals surface area contributed by atoms with Crippen molar-refractivity contribution in [2.75, 3.05) is 14.2 Å². The predicted molar refractivity (Wildman–Crippen MR) is 69.4 cm³/mol. The quantitative estimate of drug-likeness (QED) is 0.792. The molecule has 0 saturated heterocycles. The molecule has 1 aromatic carbocycles. The van der Waals surface area contributed by atoms with Crippen LogP contribution in [0.5, 0.6) is 11.5 Å². The summed E-state index contributed by atoms with van der Waals surface area (Å²) >= 11 is 0. The average Bonchev–Trinajstić information content (AvgIpc) is 2.37. The van der Waals surface area contributed by atoms with Gasteiger partial charge in [0.05, 0.1) is 20.3 Å². The van der Waals surface area contributed by atoms with E-state index in [9.17, 15) is 0 Å². The molecule has 3 heteroatoms. The summed E-state index contributed by atoms with van der Waals surface area (Å²) in [5.41, 5.74) is 1.12. The lowest BCUT2D eigenvalue weighted by molar-refractivity contribution is 0.354. The van der Waals surface area contributed by atoms with E-state index in [1.54, 1.807) is 14.2 Å². The minimum atomic E-state index is 0.0399. The van der Waals surface area contributed by atoms with Crippen molar-refractivity contribution in [2.24, 2.45) is 0 Å². The maximum Gasteiger partial charge on any atom is 0.161 e. The van der Waals surface area contributed by atoms with E-state index in [4.69, 9.17) is 15.9 Å². The zero-order valence-corrected chi connectivity index (χ0v) is 10.8. The van der Waals surface area contributed by atoms with E-state index in [-0.39, 0.29) is 12.1 Å². The normalized spacial score (nSPS) is 13.6. The van der Waals surface area contributed by atoms with Crippen LogP contribution in [0.3, 0.4) is 0 Å². The number of nitrogens with one attached hydrogen (secondary N) is 1. The molecule has 0 heterocycles. The zero-order chi connectivity index (χ0) is 12.8. The molecule has 0 aliphatic rings. The van der Waals surface area contributed by atoms with E-state index in [1.807, 2.05) is 25.1 Å². The van der Waals surface area contributed by atoms with Crippen LogP contribution in [0.4, 0.5) is 0 Å². The van der Waals surface area contributed by atoms with Crippen LogP contribution in [-0.4, -0.2) is 20.3 Å². The molecule has 1 N–H and O–H groups in total. The van der Waals surface area contributed by atoms with Gasteiger partial charge in [-0.1, -0.05) is 12.0 Å². The molecule has 0 bridgehead atoms. The van der Waals surface area contributed by atoms with Crippen molar-refractivity contribution in [1.82, 2.24) is 5.32 Å². The van der Waals surface area contributed by atoms with Gasteiger partial charge in [-0.15, -0.1) is 6.42 Å². The lowest BCUT2D eigenvalue weighted by Gasteiger charge is -2.18. The van der Waals surface area contributed by atoms with Gasteiger partial charge in [0, 0.05) is 6.04 Å². The van der Waals surface area contributed by atoms with Crippen LogP contribution in [0.2, 0.25) is 0 Å². The highest BCUT2D eigenvalue weighted by Gasteiger charge is 2.11. The van der Waals surface area contributed by atoms with Crippen LogP contribution >= 0.6 is 0 Å². The number of benzene rings is 1. The number of terminal acetylenes is 1. The molecule has 0 fully saturated rings. The number of hydrogen-bond acceptors (Lipinski definition) is 3. The van der Waals surface area contributed by atoms with Crippen molar-refractivity contribution in [2.45, 2.75) is 25.9 Å². The number of hydrogen-bond donors (Lipinski definition) is 1. The number of ether oxygens (including phenoxy) is 2. The summed E-state index contributed by atoms with van der Waals surface area (Å²) in [4.78, 5) is 0. The van der Waals surface area contributed by atoms with Gasteiger partial charge in [-0.05, 0) is 31.5 Å². The van der Waals surface area contributed by atoms with Crippen molar-refractivity contribution >= 4 is 0 Å². The zero-order valence-electron chi connectivity index (χ0n) is 10.8. The Morgan fingerprint density at radius 2 is 1.82 bits per heavy atom. The predicted octanol–water partition coefficient (Wildman–Crippen LogP) is 2.38. The monoisotopic (exact) mass is 233 g/mol. The fourth-order valence-electron chi connectivity index (χ4n) is 1.64. The van der Waals surface area contributed by atoms with Gasteiger partial charge < -0.3 is 9.47 Å². The van der Waals surface area contributed by atoms with Gasteiger partial charge in [0.25, 0.3) is 0 Å². The van der Waals surface area contributed by atoms with Gasteiger partial charge in [-0.25, -0.2) is 0 Å². The maximum absolute atomic E-state index is 5.34. The third kappa shape index (κ3) is 3.40. The standard InChI is InChI=1S/C14H19NO2/c1-6-10(2)15-11(3)12-7-8-13(16-4)14(9-12)17-5/h1,7-11,15H,2-5H3. The molecule has 0 aliphatic carbocycles. The highest BCUT2D eigenvalue weighted by molar-refractivity contribution is 5.43. The fourth-order valence-corrected chi connectivity index (χ4v) is 1.64. The second-order valence-electron chi connectivity index (χ2n) is 3.89. The van der Waals surface area contributed by atoms with E-state index in [0.717, 1.165) is 17.1 Å². The molecule has 0 saturated carbocycles. The Morgan fingerprint density at radius 3 is 2.35 bits per heavy atom. The van der Waals surface area contributed by atoms with Crippen LogP contribution in [0.25, 0.3) is 0 Å². The molecule has 3 nitrogen and oxygen atoms in total. The van der Waals surface area contributed by atoms with Crippen molar-refractivity contribution in [3.63, 3.8) is 0 Å². The minimum Gasteiger partial charge on any atom is -0.493 e. The largest absolute Gasteiger partial charge is 0.493 e. The second-order valence-corrected chi connectivity index (χ2v) is 3.89. The van der Waals surface area contributed by atoms with E-state index in [2.05, 4.69) is 18.2 Å². The third-order valence-corrected chi connectivity index (χ3v) is 2.66. The molecule has 1 rings (SSSR count). The van der Waals surface area contributed by atoms with E-state index in [0.29, 0.717) is 0 Å². The minimum absolute atomic E-state index is 0.0399. The first-order valence-corrected chi connectivity index (χ1v) is 5.56. The maximum atomic E-state index is 5.34. The summed E-state index contributed by atoms with van der Waals surface area (Å²) in [7, 11) is 3.25. The molecule has 0 aromatic heterocycles. The summed E-state index contributed by atoms with van der Waals surface area (Å²) in [6, 6.07) is 6.06. The van der Waals surface area contributed by atoms with Gasteiger partial charge in [0.2, 0.25) is 0 Å². The molecular weight excluding hydrogens is 214 g/mol. The fraction of sp³-hybridized carbons (Fsp3) is 0.429. The Hall–Kier alpha value is -1.66. The van der Waals surface area contributed by atoms with Gasteiger partial charge in [0.15, 0.2) is 11.5 Å². The summed E-state index contributed by atoms with van der Waals surface area (Å²) in [5, 5.41) is 3.30. The Kier molecular flexibility index (Phi) is 4.86. The summed E-state index contributed by atoms with van der Waals surface area (Å²) in [5.74, 6) is 4.11. The summed E-state index contributed by atoms with van der Waals surface area (Å²) in [6.45, 7) is 4.02. The lowest BCUT2D eigenvalue weighted by Crippen LogP contribution is -2.27. The van der Waals surface area contributed by atoms with Gasteiger partial charge >= 0.3 is 0 Å². The van der Waals surface area contributed by atoms with Crippen LogP contribution in [0, 0.1) is 12.3 Å². The number of methoxy groups -OCH3 is 2. The Balaban J connectivity index is 2.88. The van der Waals surface area contributed by atoms with Crippen molar-refractivity contribution in [3.8, 4) is 23.8 Å². The van der Waals surface area contributed by atoms with E-state index in [1.165, 1.54) is 0 Å². The Morgan fingerprint density at radius 1 is 1.18 bits per heavy atom. The molecular formula is C14H19NO2. The smallest absolute Gasteiger partial charge is 0.161 e. The first-order valence-electron chi connectivity index (χ1n) is 5.56. The third-order valence-electron chi connectivity index (χ3n) is 2.66. The van der Waals surface area contributed by atoms with E-state index < -0.39 is 0 Å². The molecule has 1 aromatic rings. The molecule has 0 amide bonds. The van der Waals surface area contributed by atoms with Crippen LogP contribution in [0.1, 0.15) is 25.5 Å². The van der Waals surface area contributed by atoms with Crippen LogP contribution in [0.15, 0.2) is 18.2 Å². The van der Waals surface area contributed by atoms with Crippen LogP contribution in [-0.2, 0) is 0 Å². The van der Waals surface area contributed by atoms with Crippen LogP contribution < -0.4 is 14.8 Å². The first kappa shape index (κ1) is 13.4. The van der Waals surface area contributed by atoms with Gasteiger partial charge in [-0.2, -0.15) is 0 Å². The lowest BCUT2D eigenvalue weighted by atomic mass is 10.1. The molecule has 2 unspecified atom stereocenters. The topological polar surface area (TPSA) is 30.5 Å². The molecule has 92 valence electrons. The van der Waals surface area contributed by atoms with Gasteiger partial charge in [-0.3, -0.25) is 5.32 Å². The van der Waals surface area contributed by atoms with Gasteiger partial charge in [0.1, 0.15) is 0 Å². The highest BCUT2D eigenvalue weighted by atomic mass is 16.5. The number of rotatable bonds is 5. The first-order chi connectivity index (χ1) is 8.12. The van der Waals surface area contributed by atoms with Crippen molar-refractivity contribution in [1.29, 1.82) is 0 Å². The second kappa shape index (κ2) is 6.17.